The fourth-order valence-electron chi connectivity index (χ4n) is 1.50. The van der Waals surface area contributed by atoms with Gasteiger partial charge < -0.3 is 14.8 Å². The molecule has 1 unspecified atom stereocenters. The maximum atomic E-state index is 12.0. The number of benzene rings is 1. The van der Waals surface area contributed by atoms with Crippen molar-refractivity contribution >= 4 is 21.8 Å². The highest BCUT2D eigenvalue weighted by atomic mass is 79.9. The number of amides is 1. The summed E-state index contributed by atoms with van der Waals surface area (Å²) in [5.74, 6) is -0.163. The van der Waals surface area contributed by atoms with E-state index in [1.807, 2.05) is 25.1 Å². The summed E-state index contributed by atoms with van der Waals surface area (Å²) in [6.07, 6.45) is -0.457. The number of carbonyl (C=O) groups excluding carboxylic acids is 1. The third kappa shape index (κ3) is 3.80. The van der Waals surface area contributed by atoms with Crippen molar-refractivity contribution in [3.8, 4) is 0 Å². The highest BCUT2D eigenvalue weighted by Gasteiger charge is 2.19. The molecule has 0 aliphatic heterocycles. The molecule has 4 nitrogen and oxygen atoms in total. The van der Waals surface area contributed by atoms with Crippen molar-refractivity contribution in [2.45, 2.75) is 19.3 Å². The van der Waals surface area contributed by atoms with Crippen LogP contribution in [0.4, 0.5) is 0 Å². The summed E-state index contributed by atoms with van der Waals surface area (Å²) >= 11 is 3.33. The lowest BCUT2D eigenvalue weighted by Crippen LogP contribution is -2.43. The highest BCUT2D eigenvalue weighted by molar-refractivity contribution is 9.10. The SMILES string of the molecule is COC(OC)C(C)NC(=O)c1ccccc1Br. The Labute approximate surface area is 109 Å². The summed E-state index contributed by atoms with van der Waals surface area (Å²) in [7, 11) is 3.07. The van der Waals surface area contributed by atoms with Crippen LogP contribution in [0.3, 0.4) is 0 Å². The lowest BCUT2D eigenvalue weighted by atomic mass is 10.2. The molecule has 0 saturated carbocycles. The number of ether oxygens (including phenoxy) is 2. The number of hydrogen-bond acceptors (Lipinski definition) is 3. The van der Waals surface area contributed by atoms with Gasteiger partial charge in [-0.2, -0.15) is 0 Å². The van der Waals surface area contributed by atoms with Crippen molar-refractivity contribution < 1.29 is 14.3 Å². The lowest BCUT2D eigenvalue weighted by molar-refractivity contribution is -0.117. The van der Waals surface area contributed by atoms with Crippen LogP contribution in [0, 0.1) is 0 Å². The van der Waals surface area contributed by atoms with Gasteiger partial charge in [0.2, 0.25) is 0 Å². The Balaban J connectivity index is 2.70. The smallest absolute Gasteiger partial charge is 0.252 e. The van der Waals surface area contributed by atoms with E-state index in [2.05, 4.69) is 21.2 Å². The Morgan fingerprint density at radius 1 is 1.29 bits per heavy atom. The van der Waals surface area contributed by atoms with Gasteiger partial charge in [0, 0.05) is 18.7 Å². The minimum absolute atomic E-state index is 0.163. The molecule has 0 radical (unpaired) electrons. The molecule has 1 N–H and O–H groups in total. The zero-order valence-corrected chi connectivity index (χ0v) is 11.7. The first-order valence-electron chi connectivity index (χ1n) is 5.21. The minimum Gasteiger partial charge on any atom is -0.354 e. The molecule has 0 aromatic heterocycles. The Bertz CT molecular complexity index is 380. The number of methoxy groups -OCH3 is 2. The van der Waals surface area contributed by atoms with Crippen LogP contribution in [0.2, 0.25) is 0 Å². The van der Waals surface area contributed by atoms with E-state index in [0.717, 1.165) is 4.47 Å². The van der Waals surface area contributed by atoms with Gasteiger partial charge in [-0.05, 0) is 35.0 Å². The topological polar surface area (TPSA) is 47.6 Å². The fraction of sp³-hybridized carbons (Fsp3) is 0.417. The van der Waals surface area contributed by atoms with Gasteiger partial charge in [0.25, 0.3) is 5.91 Å². The second kappa shape index (κ2) is 6.74. The van der Waals surface area contributed by atoms with Gasteiger partial charge in [0.1, 0.15) is 0 Å². The van der Waals surface area contributed by atoms with Crippen LogP contribution in [0.5, 0.6) is 0 Å². The summed E-state index contributed by atoms with van der Waals surface area (Å²) in [5.41, 5.74) is 0.588. The van der Waals surface area contributed by atoms with E-state index in [1.54, 1.807) is 6.07 Å². The predicted octanol–water partition coefficient (Wildman–Crippen LogP) is 2.19. The van der Waals surface area contributed by atoms with Crippen LogP contribution >= 0.6 is 15.9 Å². The van der Waals surface area contributed by atoms with Crippen molar-refractivity contribution in [2.75, 3.05) is 14.2 Å². The molecule has 94 valence electrons. The van der Waals surface area contributed by atoms with Crippen LogP contribution in [0.15, 0.2) is 28.7 Å². The van der Waals surface area contributed by atoms with Gasteiger partial charge in [0.05, 0.1) is 11.6 Å². The zero-order valence-electron chi connectivity index (χ0n) is 10.1. The first kappa shape index (κ1) is 14.2. The molecule has 0 spiro atoms. The zero-order chi connectivity index (χ0) is 12.8. The molecule has 0 fully saturated rings. The third-order valence-corrected chi connectivity index (χ3v) is 3.04. The maximum Gasteiger partial charge on any atom is 0.252 e. The summed E-state index contributed by atoms with van der Waals surface area (Å²) in [5, 5.41) is 2.82. The molecule has 5 heteroatoms. The highest BCUT2D eigenvalue weighted by Crippen LogP contribution is 2.15. The van der Waals surface area contributed by atoms with Crippen molar-refractivity contribution in [1.82, 2.24) is 5.32 Å². The van der Waals surface area contributed by atoms with Crippen molar-refractivity contribution in [3.05, 3.63) is 34.3 Å². The molecular formula is C12H16BrNO3. The van der Waals surface area contributed by atoms with Gasteiger partial charge in [-0.15, -0.1) is 0 Å². The molecule has 1 amide bonds. The Kier molecular flexibility index (Phi) is 5.61. The predicted molar refractivity (Wildman–Crippen MR) is 68.9 cm³/mol. The fourth-order valence-corrected chi connectivity index (χ4v) is 1.97. The molecule has 0 aliphatic carbocycles. The van der Waals surface area contributed by atoms with E-state index in [4.69, 9.17) is 9.47 Å². The van der Waals surface area contributed by atoms with E-state index in [-0.39, 0.29) is 11.9 Å². The van der Waals surface area contributed by atoms with Gasteiger partial charge >= 0.3 is 0 Å². The summed E-state index contributed by atoms with van der Waals surface area (Å²) in [6, 6.07) is 7.01. The molecule has 1 atom stereocenters. The standard InChI is InChI=1S/C12H16BrNO3/c1-8(12(16-2)17-3)14-11(15)9-6-4-5-7-10(9)13/h4-8,12H,1-3H3,(H,14,15). The average molecular weight is 302 g/mol. The van der Waals surface area contributed by atoms with Crippen LogP contribution in [0.1, 0.15) is 17.3 Å². The summed E-state index contributed by atoms with van der Waals surface area (Å²) < 4.78 is 10.9. The number of rotatable bonds is 5. The third-order valence-electron chi connectivity index (χ3n) is 2.35. The molecule has 1 aromatic rings. The number of hydrogen-bond donors (Lipinski definition) is 1. The van der Waals surface area contributed by atoms with Gasteiger partial charge in [0.15, 0.2) is 6.29 Å². The maximum absolute atomic E-state index is 12.0. The summed E-state index contributed by atoms with van der Waals surface area (Å²) in [6.45, 7) is 1.83. The van der Waals surface area contributed by atoms with Crippen molar-refractivity contribution in [2.24, 2.45) is 0 Å². The minimum atomic E-state index is -0.457. The lowest BCUT2D eigenvalue weighted by Gasteiger charge is -2.22. The number of halogens is 1. The Morgan fingerprint density at radius 2 is 1.88 bits per heavy atom. The number of carbonyl (C=O) groups is 1. The molecule has 0 bridgehead atoms. The van der Waals surface area contributed by atoms with E-state index in [9.17, 15) is 4.79 Å². The normalized spacial score (nSPS) is 12.5. The van der Waals surface area contributed by atoms with E-state index < -0.39 is 6.29 Å². The first-order valence-corrected chi connectivity index (χ1v) is 6.00. The quantitative estimate of drug-likeness (QED) is 0.848. The van der Waals surface area contributed by atoms with Crippen molar-refractivity contribution in [3.63, 3.8) is 0 Å². The van der Waals surface area contributed by atoms with Crippen LogP contribution in [0.25, 0.3) is 0 Å². The number of nitrogens with one attached hydrogen (secondary N) is 1. The second-order valence-electron chi connectivity index (χ2n) is 3.58. The van der Waals surface area contributed by atoms with Gasteiger partial charge in [-0.1, -0.05) is 12.1 Å². The molecule has 0 saturated heterocycles. The van der Waals surface area contributed by atoms with Gasteiger partial charge in [-0.3, -0.25) is 4.79 Å². The van der Waals surface area contributed by atoms with Crippen LogP contribution < -0.4 is 5.32 Å². The van der Waals surface area contributed by atoms with E-state index in [0.29, 0.717) is 5.56 Å². The molecule has 0 heterocycles. The van der Waals surface area contributed by atoms with Crippen LogP contribution in [-0.4, -0.2) is 32.5 Å². The van der Waals surface area contributed by atoms with E-state index >= 15 is 0 Å². The Morgan fingerprint density at radius 3 is 2.41 bits per heavy atom. The van der Waals surface area contributed by atoms with Crippen molar-refractivity contribution in [1.29, 1.82) is 0 Å². The monoisotopic (exact) mass is 301 g/mol. The van der Waals surface area contributed by atoms with E-state index in [1.165, 1.54) is 14.2 Å². The molecule has 17 heavy (non-hydrogen) atoms. The summed E-state index contributed by atoms with van der Waals surface area (Å²) in [4.78, 5) is 12.0. The largest absolute Gasteiger partial charge is 0.354 e. The Hall–Kier alpha value is -0.910. The molecule has 1 rings (SSSR count). The van der Waals surface area contributed by atoms with Gasteiger partial charge in [-0.25, -0.2) is 0 Å². The molecule has 0 aliphatic rings. The molecule has 1 aromatic carbocycles. The average Bonchev–Trinajstić information content (AvgIpc) is 2.31. The van der Waals surface area contributed by atoms with Crippen LogP contribution in [-0.2, 0) is 9.47 Å². The second-order valence-corrected chi connectivity index (χ2v) is 4.44. The molecular weight excluding hydrogens is 286 g/mol. The first-order chi connectivity index (χ1) is 8.10.